The molecule has 0 spiro atoms. The number of amides is 1. The van der Waals surface area contributed by atoms with Gasteiger partial charge in [0.2, 0.25) is 15.9 Å². The summed E-state index contributed by atoms with van der Waals surface area (Å²) in [5.74, 6) is -1.08. The zero-order valence-corrected chi connectivity index (χ0v) is 13.7. The Bertz CT molecular complexity index is 747. The molecule has 23 heavy (non-hydrogen) atoms. The fourth-order valence-corrected chi connectivity index (χ4v) is 4.70. The van der Waals surface area contributed by atoms with Crippen molar-refractivity contribution in [2.75, 3.05) is 6.54 Å². The highest BCUT2D eigenvalue weighted by atomic mass is 32.2. The van der Waals surface area contributed by atoms with Gasteiger partial charge in [-0.1, -0.05) is 6.07 Å². The van der Waals surface area contributed by atoms with Crippen LogP contribution in [0.25, 0.3) is 0 Å². The number of hydrogen-bond acceptors (Lipinski definition) is 5. The monoisotopic (exact) mass is 341 g/mol. The second-order valence-corrected chi connectivity index (χ2v) is 7.67. The van der Waals surface area contributed by atoms with Crippen molar-refractivity contribution in [2.24, 2.45) is 11.7 Å². The van der Waals surface area contributed by atoms with Gasteiger partial charge in [0.1, 0.15) is 0 Å². The largest absolute Gasteiger partial charge is 0.369 e. The first kappa shape index (κ1) is 17.4. The van der Waals surface area contributed by atoms with Gasteiger partial charge in [0.15, 0.2) is 0 Å². The lowest BCUT2D eigenvalue weighted by Gasteiger charge is -2.36. The van der Waals surface area contributed by atoms with Crippen molar-refractivity contribution in [3.8, 4) is 0 Å². The molecule has 0 saturated carbocycles. The molecule has 1 aromatic rings. The van der Waals surface area contributed by atoms with Crippen molar-refractivity contribution >= 4 is 21.6 Å². The highest BCUT2D eigenvalue weighted by molar-refractivity contribution is 7.89. The van der Waals surface area contributed by atoms with Gasteiger partial charge < -0.3 is 5.73 Å². The molecule has 1 saturated heterocycles. The molecule has 1 aliphatic heterocycles. The van der Waals surface area contributed by atoms with Gasteiger partial charge in [0, 0.05) is 24.7 Å². The molecule has 8 nitrogen and oxygen atoms in total. The van der Waals surface area contributed by atoms with E-state index in [9.17, 15) is 23.3 Å². The molecule has 9 heteroatoms. The molecule has 0 aromatic heterocycles. The Labute approximate surface area is 134 Å². The van der Waals surface area contributed by atoms with Crippen LogP contribution < -0.4 is 5.73 Å². The number of aryl methyl sites for hydroxylation is 1. The minimum absolute atomic E-state index is 0.000958. The number of carbonyl (C=O) groups excluding carboxylic acids is 1. The van der Waals surface area contributed by atoms with Crippen molar-refractivity contribution in [1.29, 1.82) is 0 Å². The number of nitrogens with zero attached hydrogens (tertiary/aromatic N) is 2. The van der Waals surface area contributed by atoms with E-state index in [1.54, 1.807) is 13.8 Å². The van der Waals surface area contributed by atoms with E-state index in [-0.39, 0.29) is 23.2 Å². The van der Waals surface area contributed by atoms with E-state index >= 15 is 0 Å². The number of hydrogen-bond donors (Lipinski definition) is 1. The highest BCUT2D eigenvalue weighted by Crippen LogP contribution is 2.31. The van der Waals surface area contributed by atoms with E-state index in [1.165, 1.54) is 16.4 Å². The van der Waals surface area contributed by atoms with Crippen LogP contribution in [-0.4, -0.2) is 36.1 Å². The predicted octanol–water partition coefficient (Wildman–Crippen LogP) is 1.18. The third-order valence-electron chi connectivity index (χ3n) is 4.20. The zero-order valence-electron chi connectivity index (χ0n) is 12.9. The maximum absolute atomic E-state index is 12.9. The quantitative estimate of drug-likeness (QED) is 0.650. The Balaban J connectivity index is 2.46. The number of nitro groups is 1. The molecule has 126 valence electrons. The lowest BCUT2D eigenvalue weighted by Crippen LogP contribution is -2.48. The molecule has 1 aliphatic rings. The molecule has 1 aromatic carbocycles. The Hall–Kier alpha value is -2.00. The van der Waals surface area contributed by atoms with Gasteiger partial charge in [0.25, 0.3) is 5.69 Å². The zero-order chi connectivity index (χ0) is 17.4. The Morgan fingerprint density at radius 3 is 2.61 bits per heavy atom. The summed E-state index contributed by atoms with van der Waals surface area (Å²) in [4.78, 5) is 21.6. The second-order valence-electron chi connectivity index (χ2n) is 5.81. The maximum Gasteiger partial charge on any atom is 0.270 e. The average molecular weight is 341 g/mol. The van der Waals surface area contributed by atoms with E-state index in [0.717, 1.165) is 6.07 Å². The van der Waals surface area contributed by atoms with Gasteiger partial charge in [-0.05, 0) is 32.3 Å². The number of sulfonamides is 1. The molecule has 0 aliphatic carbocycles. The summed E-state index contributed by atoms with van der Waals surface area (Å²) >= 11 is 0. The third-order valence-corrected chi connectivity index (χ3v) is 6.32. The second kappa shape index (κ2) is 6.25. The molecular formula is C14H19N3O5S. The summed E-state index contributed by atoms with van der Waals surface area (Å²) in [6, 6.07) is 3.44. The number of nitro benzene ring substituents is 1. The van der Waals surface area contributed by atoms with Gasteiger partial charge in [-0.3, -0.25) is 14.9 Å². The molecule has 1 heterocycles. The van der Waals surface area contributed by atoms with Crippen LogP contribution >= 0.6 is 0 Å². The van der Waals surface area contributed by atoms with Crippen molar-refractivity contribution in [3.05, 3.63) is 33.9 Å². The lowest BCUT2D eigenvalue weighted by molar-refractivity contribution is -0.385. The number of piperidine rings is 1. The van der Waals surface area contributed by atoms with Crippen LogP contribution in [0.5, 0.6) is 0 Å². The van der Waals surface area contributed by atoms with Crippen LogP contribution in [0.1, 0.15) is 25.3 Å². The molecular weight excluding hydrogens is 322 g/mol. The van der Waals surface area contributed by atoms with Gasteiger partial charge >= 0.3 is 0 Å². The number of benzene rings is 1. The predicted molar refractivity (Wildman–Crippen MR) is 83.1 cm³/mol. The minimum Gasteiger partial charge on any atom is -0.369 e. The number of rotatable bonds is 4. The number of carbonyl (C=O) groups is 1. The minimum atomic E-state index is -3.94. The Morgan fingerprint density at radius 1 is 1.39 bits per heavy atom. The van der Waals surface area contributed by atoms with Crippen molar-refractivity contribution in [2.45, 2.75) is 37.6 Å². The van der Waals surface area contributed by atoms with Crippen LogP contribution in [0.15, 0.2) is 23.1 Å². The molecule has 2 N–H and O–H groups in total. The Kier molecular flexibility index (Phi) is 4.71. The number of non-ortho nitro benzene ring substituents is 1. The van der Waals surface area contributed by atoms with Gasteiger partial charge in [-0.15, -0.1) is 0 Å². The van der Waals surface area contributed by atoms with Crippen LogP contribution in [0.2, 0.25) is 0 Å². The Morgan fingerprint density at radius 2 is 2.04 bits per heavy atom. The van der Waals surface area contributed by atoms with Crippen LogP contribution in [-0.2, 0) is 14.8 Å². The maximum atomic E-state index is 12.9. The fourth-order valence-electron chi connectivity index (χ4n) is 2.75. The van der Waals surface area contributed by atoms with E-state index in [2.05, 4.69) is 0 Å². The molecule has 1 amide bonds. The van der Waals surface area contributed by atoms with Crippen LogP contribution in [0.4, 0.5) is 5.69 Å². The van der Waals surface area contributed by atoms with Crippen molar-refractivity contribution < 1.29 is 18.1 Å². The standard InChI is InChI=1S/C14H19N3O5S/c1-9-3-6-12(17(19)20)7-13(9)23(21,22)16-8-11(14(15)18)5-4-10(16)2/h3,6-7,10-11H,4-5,8H2,1-2H3,(H2,15,18). The fraction of sp³-hybridized carbons (Fsp3) is 0.500. The SMILES string of the molecule is Cc1ccc([N+](=O)[O-])cc1S(=O)(=O)N1CC(C(N)=O)CCC1C. The van der Waals surface area contributed by atoms with Crippen LogP contribution in [0.3, 0.4) is 0 Å². The van der Waals surface area contributed by atoms with E-state index < -0.39 is 26.8 Å². The number of primary amides is 1. The molecule has 2 unspecified atom stereocenters. The molecule has 0 bridgehead atoms. The molecule has 2 rings (SSSR count). The number of nitrogens with two attached hydrogens (primary N) is 1. The smallest absolute Gasteiger partial charge is 0.270 e. The summed E-state index contributed by atoms with van der Waals surface area (Å²) in [6.07, 6.45) is 1.05. The van der Waals surface area contributed by atoms with Crippen LogP contribution in [0, 0.1) is 23.0 Å². The summed E-state index contributed by atoms with van der Waals surface area (Å²) in [5.41, 5.74) is 5.43. The topological polar surface area (TPSA) is 124 Å². The highest BCUT2D eigenvalue weighted by Gasteiger charge is 2.37. The molecule has 2 atom stereocenters. The average Bonchev–Trinajstić information content (AvgIpc) is 2.47. The molecule has 1 fully saturated rings. The first-order chi connectivity index (χ1) is 10.6. The van der Waals surface area contributed by atoms with E-state index in [1.807, 2.05) is 0 Å². The summed E-state index contributed by atoms with van der Waals surface area (Å²) in [6.45, 7) is 3.33. The first-order valence-electron chi connectivity index (χ1n) is 7.20. The molecule has 0 radical (unpaired) electrons. The first-order valence-corrected chi connectivity index (χ1v) is 8.64. The van der Waals surface area contributed by atoms with Crippen molar-refractivity contribution in [3.63, 3.8) is 0 Å². The normalized spacial score (nSPS) is 22.7. The third kappa shape index (κ3) is 3.35. The van der Waals surface area contributed by atoms with Gasteiger partial charge in [0.05, 0.1) is 15.7 Å². The van der Waals surface area contributed by atoms with Gasteiger partial charge in [-0.25, -0.2) is 8.42 Å². The summed E-state index contributed by atoms with van der Waals surface area (Å²) in [5, 5.41) is 10.9. The van der Waals surface area contributed by atoms with Gasteiger partial charge in [-0.2, -0.15) is 4.31 Å². The van der Waals surface area contributed by atoms with E-state index in [4.69, 9.17) is 5.73 Å². The van der Waals surface area contributed by atoms with E-state index in [0.29, 0.717) is 18.4 Å². The lowest BCUT2D eigenvalue weighted by atomic mass is 9.95. The summed E-state index contributed by atoms with van der Waals surface area (Å²) < 4.78 is 27.0. The summed E-state index contributed by atoms with van der Waals surface area (Å²) in [7, 11) is -3.94. The van der Waals surface area contributed by atoms with Crippen molar-refractivity contribution in [1.82, 2.24) is 4.31 Å².